The number of aryl methyl sites for hydroxylation is 1. The van der Waals surface area contributed by atoms with Gasteiger partial charge in [-0.25, -0.2) is 13.2 Å². The maximum absolute atomic E-state index is 13.6. The van der Waals surface area contributed by atoms with Gasteiger partial charge in [-0.15, -0.1) is 0 Å². The van der Waals surface area contributed by atoms with Crippen molar-refractivity contribution in [3.8, 4) is 5.75 Å². The van der Waals surface area contributed by atoms with Crippen molar-refractivity contribution >= 4 is 0 Å². The molecule has 1 aromatic rings. The number of benzene rings is 1. The molecule has 0 spiro atoms. The van der Waals surface area contributed by atoms with Gasteiger partial charge in [0.15, 0.2) is 0 Å². The highest BCUT2D eigenvalue weighted by atomic mass is 19.3. The first-order valence-electron chi connectivity index (χ1n) is 5.12. The fraction of sp³-hybridized carbons (Fsp3) is 0.500. The molecule has 0 aromatic heterocycles. The summed E-state index contributed by atoms with van der Waals surface area (Å²) in [6.07, 6.45) is -2.55. The second-order valence-corrected chi connectivity index (χ2v) is 3.99. The van der Waals surface area contributed by atoms with E-state index in [4.69, 9.17) is 4.74 Å². The van der Waals surface area contributed by atoms with Crippen LogP contribution in [0.25, 0.3) is 0 Å². The molecule has 0 aliphatic rings. The minimum atomic E-state index is -2.55. The zero-order valence-electron chi connectivity index (χ0n) is 9.56. The summed E-state index contributed by atoms with van der Waals surface area (Å²) >= 11 is 0. The number of rotatable bonds is 4. The van der Waals surface area contributed by atoms with E-state index in [9.17, 15) is 13.2 Å². The molecule has 0 radical (unpaired) electrons. The third-order valence-electron chi connectivity index (χ3n) is 2.26. The topological polar surface area (TPSA) is 9.23 Å². The van der Waals surface area contributed by atoms with Gasteiger partial charge < -0.3 is 4.74 Å². The highest BCUT2D eigenvalue weighted by Crippen LogP contribution is 2.27. The lowest BCUT2D eigenvalue weighted by molar-refractivity contribution is 0.0817. The van der Waals surface area contributed by atoms with Crippen molar-refractivity contribution in [1.29, 1.82) is 0 Å². The molecule has 0 saturated heterocycles. The Kier molecular flexibility index (Phi) is 4.21. The van der Waals surface area contributed by atoms with Crippen molar-refractivity contribution in [2.75, 3.05) is 6.61 Å². The van der Waals surface area contributed by atoms with Gasteiger partial charge in [0, 0.05) is 6.07 Å². The van der Waals surface area contributed by atoms with E-state index in [0.717, 1.165) is 11.6 Å². The van der Waals surface area contributed by atoms with Gasteiger partial charge in [-0.3, -0.25) is 0 Å². The first kappa shape index (κ1) is 12.9. The van der Waals surface area contributed by atoms with Gasteiger partial charge in [-0.1, -0.05) is 13.8 Å². The maximum atomic E-state index is 13.6. The van der Waals surface area contributed by atoms with Crippen molar-refractivity contribution in [3.63, 3.8) is 0 Å². The van der Waals surface area contributed by atoms with Crippen molar-refractivity contribution in [2.24, 2.45) is 0 Å². The van der Waals surface area contributed by atoms with Crippen LogP contribution in [0.2, 0.25) is 0 Å². The highest BCUT2D eigenvalue weighted by molar-refractivity contribution is 5.37. The van der Waals surface area contributed by atoms with Gasteiger partial charge in [-0.2, -0.15) is 0 Å². The van der Waals surface area contributed by atoms with E-state index in [-0.39, 0.29) is 11.7 Å². The molecule has 0 aliphatic heterocycles. The summed E-state index contributed by atoms with van der Waals surface area (Å²) in [5.41, 5.74) is 1.32. The van der Waals surface area contributed by atoms with Crippen LogP contribution in [0, 0.1) is 12.7 Å². The Labute approximate surface area is 93.2 Å². The van der Waals surface area contributed by atoms with E-state index in [1.165, 1.54) is 0 Å². The summed E-state index contributed by atoms with van der Waals surface area (Å²) in [5.74, 6) is -0.192. The van der Waals surface area contributed by atoms with Gasteiger partial charge in [0.2, 0.25) is 0 Å². The Morgan fingerprint density at radius 3 is 2.31 bits per heavy atom. The lowest BCUT2D eigenvalue weighted by Crippen LogP contribution is -2.08. The van der Waals surface area contributed by atoms with Gasteiger partial charge in [-0.05, 0) is 30.0 Å². The molecule has 1 aromatic carbocycles. The Hall–Kier alpha value is -1.19. The third-order valence-corrected chi connectivity index (χ3v) is 2.26. The Bertz CT molecular complexity index is 338. The zero-order chi connectivity index (χ0) is 12.3. The van der Waals surface area contributed by atoms with Crippen molar-refractivity contribution in [1.82, 2.24) is 0 Å². The van der Waals surface area contributed by atoms with Crippen LogP contribution in [0.15, 0.2) is 12.1 Å². The van der Waals surface area contributed by atoms with Crippen molar-refractivity contribution in [3.05, 3.63) is 29.1 Å². The molecule has 0 N–H and O–H groups in total. The van der Waals surface area contributed by atoms with Crippen LogP contribution in [-0.2, 0) is 0 Å². The van der Waals surface area contributed by atoms with E-state index in [1.807, 2.05) is 13.8 Å². The fourth-order valence-corrected chi connectivity index (χ4v) is 1.70. The van der Waals surface area contributed by atoms with E-state index in [0.29, 0.717) is 5.56 Å². The summed E-state index contributed by atoms with van der Waals surface area (Å²) in [4.78, 5) is 0. The van der Waals surface area contributed by atoms with Crippen LogP contribution in [0.4, 0.5) is 13.2 Å². The lowest BCUT2D eigenvalue weighted by atomic mass is 9.97. The quantitative estimate of drug-likeness (QED) is 0.765. The molecule has 0 bridgehead atoms. The largest absolute Gasteiger partial charge is 0.488 e. The lowest BCUT2D eigenvalue weighted by Gasteiger charge is -2.13. The van der Waals surface area contributed by atoms with Crippen LogP contribution in [0.5, 0.6) is 5.75 Å². The number of hydrogen-bond donors (Lipinski definition) is 0. The Balaban J connectivity index is 2.92. The standard InChI is InChI=1S/C12H15F3O/c1-7(2)12-8(3)4-9(5-10(12)13)16-6-11(14)15/h4-5,7,11H,6H2,1-3H3. The molecule has 90 valence electrons. The van der Waals surface area contributed by atoms with Crippen LogP contribution in [-0.4, -0.2) is 13.0 Å². The molecule has 1 rings (SSSR count). The monoisotopic (exact) mass is 232 g/mol. The molecule has 0 fully saturated rings. The summed E-state index contributed by atoms with van der Waals surface area (Å²) < 4.78 is 42.2. The summed E-state index contributed by atoms with van der Waals surface area (Å²) in [5, 5.41) is 0. The van der Waals surface area contributed by atoms with E-state index < -0.39 is 18.8 Å². The van der Waals surface area contributed by atoms with Gasteiger partial charge in [0.1, 0.15) is 18.2 Å². The van der Waals surface area contributed by atoms with Gasteiger partial charge >= 0.3 is 0 Å². The minimum absolute atomic E-state index is 0.0594. The maximum Gasteiger partial charge on any atom is 0.272 e. The molecular formula is C12H15F3O. The van der Waals surface area contributed by atoms with E-state index in [2.05, 4.69) is 0 Å². The van der Waals surface area contributed by atoms with Crippen LogP contribution in [0.1, 0.15) is 30.9 Å². The summed E-state index contributed by atoms with van der Waals surface area (Å²) in [7, 11) is 0. The number of alkyl halides is 2. The molecule has 0 amide bonds. The van der Waals surface area contributed by atoms with Crippen LogP contribution >= 0.6 is 0 Å². The molecule has 0 atom stereocenters. The third kappa shape index (κ3) is 3.15. The van der Waals surface area contributed by atoms with Crippen molar-refractivity contribution < 1.29 is 17.9 Å². The number of hydrogen-bond acceptors (Lipinski definition) is 1. The Morgan fingerprint density at radius 2 is 1.88 bits per heavy atom. The molecule has 0 heterocycles. The zero-order valence-corrected chi connectivity index (χ0v) is 9.56. The molecule has 4 heteroatoms. The van der Waals surface area contributed by atoms with E-state index >= 15 is 0 Å². The highest BCUT2D eigenvalue weighted by Gasteiger charge is 2.13. The SMILES string of the molecule is Cc1cc(OCC(F)F)cc(F)c1C(C)C. The second kappa shape index (κ2) is 5.23. The van der Waals surface area contributed by atoms with E-state index in [1.54, 1.807) is 13.0 Å². The second-order valence-electron chi connectivity index (χ2n) is 3.99. The summed E-state index contributed by atoms with van der Waals surface area (Å²) in [6, 6.07) is 2.74. The normalized spacial score (nSPS) is 11.2. The first-order valence-corrected chi connectivity index (χ1v) is 5.12. The number of ether oxygens (including phenoxy) is 1. The smallest absolute Gasteiger partial charge is 0.272 e. The van der Waals surface area contributed by atoms with Crippen LogP contribution < -0.4 is 4.74 Å². The van der Waals surface area contributed by atoms with Crippen molar-refractivity contribution in [2.45, 2.75) is 33.1 Å². The molecule has 0 aliphatic carbocycles. The number of halogens is 3. The Morgan fingerprint density at radius 1 is 1.25 bits per heavy atom. The predicted molar refractivity (Wildman–Crippen MR) is 56.7 cm³/mol. The first-order chi connectivity index (χ1) is 7.41. The summed E-state index contributed by atoms with van der Waals surface area (Å²) in [6.45, 7) is 4.80. The van der Waals surface area contributed by atoms with Gasteiger partial charge in [0.25, 0.3) is 6.43 Å². The average molecular weight is 232 g/mol. The van der Waals surface area contributed by atoms with Crippen LogP contribution in [0.3, 0.4) is 0 Å². The molecule has 0 unspecified atom stereocenters. The average Bonchev–Trinajstić information content (AvgIpc) is 2.12. The van der Waals surface area contributed by atoms with Gasteiger partial charge in [0.05, 0.1) is 0 Å². The molecule has 0 saturated carbocycles. The molecule has 1 nitrogen and oxygen atoms in total. The molecular weight excluding hydrogens is 217 g/mol. The predicted octanol–water partition coefficient (Wildman–Crippen LogP) is 3.90. The minimum Gasteiger partial charge on any atom is -0.488 e. The fourth-order valence-electron chi connectivity index (χ4n) is 1.70. The molecule has 16 heavy (non-hydrogen) atoms.